The van der Waals surface area contributed by atoms with Crippen LogP contribution in [0, 0.1) is 0 Å². The van der Waals surface area contributed by atoms with Crippen LogP contribution in [0.3, 0.4) is 0 Å². The lowest BCUT2D eigenvalue weighted by molar-refractivity contribution is -0.140. The van der Waals surface area contributed by atoms with Gasteiger partial charge in [-0.05, 0) is 25.5 Å². The van der Waals surface area contributed by atoms with Crippen LogP contribution in [-0.2, 0) is 11.3 Å². The second-order valence-electron chi connectivity index (χ2n) is 5.22. The van der Waals surface area contributed by atoms with Gasteiger partial charge in [0.2, 0.25) is 5.91 Å². The minimum atomic E-state index is 0.181. The molecule has 1 amide bonds. The van der Waals surface area contributed by atoms with Crippen molar-refractivity contribution in [2.45, 2.75) is 25.4 Å². The van der Waals surface area contributed by atoms with Crippen LogP contribution < -0.4 is 0 Å². The summed E-state index contributed by atoms with van der Waals surface area (Å²) in [4.78, 5) is 16.2. The Morgan fingerprint density at radius 2 is 2.05 bits per heavy atom. The third-order valence-electron chi connectivity index (χ3n) is 3.58. The van der Waals surface area contributed by atoms with Crippen molar-refractivity contribution in [2.75, 3.05) is 26.7 Å². The predicted molar refractivity (Wildman–Crippen MR) is 74.6 cm³/mol. The van der Waals surface area contributed by atoms with E-state index in [9.17, 15) is 4.79 Å². The third kappa shape index (κ3) is 3.78. The summed E-state index contributed by atoms with van der Waals surface area (Å²) < 4.78 is 0. The summed E-state index contributed by atoms with van der Waals surface area (Å²) in [6, 6.07) is 10.3. The molecule has 0 radical (unpaired) electrons. The van der Waals surface area contributed by atoms with Crippen LogP contribution in [0.5, 0.6) is 0 Å². The van der Waals surface area contributed by atoms with Crippen LogP contribution in [0.2, 0.25) is 0 Å². The van der Waals surface area contributed by atoms with E-state index in [-0.39, 0.29) is 18.6 Å². The minimum absolute atomic E-state index is 0.181. The molecule has 0 spiro atoms. The van der Waals surface area contributed by atoms with Crippen LogP contribution in [0.25, 0.3) is 0 Å². The third-order valence-corrected chi connectivity index (χ3v) is 3.58. The molecule has 0 aromatic heterocycles. The highest BCUT2D eigenvalue weighted by Crippen LogP contribution is 2.17. The van der Waals surface area contributed by atoms with Gasteiger partial charge in [-0.25, -0.2) is 0 Å². The number of carbonyl (C=O) groups excluding carboxylic acids is 1. The van der Waals surface area contributed by atoms with E-state index in [2.05, 4.69) is 17.0 Å². The van der Waals surface area contributed by atoms with Crippen LogP contribution in [0.15, 0.2) is 30.3 Å². The molecule has 1 fully saturated rings. The van der Waals surface area contributed by atoms with Crippen molar-refractivity contribution in [3.63, 3.8) is 0 Å². The van der Waals surface area contributed by atoms with Gasteiger partial charge in [-0.2, -0.15) is 0 Å². The Bertz CT molecular complexity index is 408. The number of aliphatic hydroxyl groups is 1. The summed E-state index contributed by atoms with van der Waals surface area (Å²) in [6.07, 6.45) is 1.61. The van der Waals surface area contributed by atoms with Gasteiger partial charge in [0.15, 0.2) is 0 Å². The Hall–Kier alpha value is -1.39. The maximum Gasteiger partial charge on any atom is 0.237 e. The minimum Gasteiger partial charge on any atom is -0.396 e. The molecule has 1 heterocycles. The van der Waals surface area contributed by atoms with E-state index in [0.29, 0.717) is 13.1 Å². The summed E-state index contributed by atoms with van der Waals surface area (Å²) in [5, 5.41) is 8.99. The molecule has 1 atom stereocenters. The Balaban J connectivity index is 2.06. The Morgan fingerprint density at radius 3 is 2.74 bits per heavy atom. The van der Waals surface area contributed by atoms with Crippen LogP contribution >= 0.6 is 0 Å². The molecule has 104 valence electrons. The van der Waals surface area contributed by atoms with Crippen molar-refractivity contribution >= 4 is 5.91 Å². The lowest BCUT2D eigenvalue weighted by atomic mass is 10.0. The average molecular weight is 262 g/mol. The van der Waals surface area contributed by atoms with Crippen molar-refractivity contribution in [1.82, 2.24) is 9.80 Å². The number of carbonyl (C=O) groups is 1. The van der Waals surface area contributed by atoms with E-state index in [1.807, 2.05) is 30.1 Å². The summed E-state index contributed by atoms with van der Waals surface area (Å²) in [6.45, 7) is 2.23. The molecule has 19 heavy (non-hydrogen) atoms. The molecule has 1 aromatic rings. The molecule has 4 nitrogen and oxygen atoms in total. The molecule has 1 aromatic carbocycles. The second-order valence-corrected chi connectivity index (χ2v) is 5.22. The number of hydrogen-bond donors (Lipinski definition) is 1. The maximum atomic E-state index is 12.2. The molecule has 1 aliphatic rings. The first-order chi connectivity index (χ1) is 9.20. The first kappa shape index (κ1) is 14.0. The van der Waals surface area contributed by atoms with Gasteiger partial charge in [0.25, 0.3) is 0 Å². The first-order valence-corrected chi connectivity index (χ1v) is 6.83. The van der Waals surface area contributed by atoms with Crippen LogP contribution in [-0.4, -0.2) is 53.6 Å². The fourth-order valence-electron chi connectivity index (χ4n) is 2.62. The number of benzene rings is 1. The van der Waals surface area contributed by atoms with Gasteiger partial charge in [-0.3, -0.25) is 9.69 Å². The first-order valence-electron chi connectivity index (χ1n) is 6.83. The van der Waals surface area contributed by atoms with Gasteiger partial charge in [0.1, 0.15) is 0 Å². The molecular weight excluding hydrogens is 240 g/mol. The molecule has 0 saturated carbocycles. The Morgan fingerprint density at radius 1 is 1.32 bits per heavy atom. The quantitative estimate of drug-likeness (QED) is 0.864. The normalized spacial score (nSPS) is 20.8. The lowest BCUT2D eigenvalue weighted by Gasteiger charge is -2.40. The number of aliphatic hydroxyl groups excluding tert-OH is 1. The van der Waals surface area contributed by atoms with E-state index >= 15 is 0 Å². The maximum absolute atomic E-state index is 12.2. The topological polar surface area (TPSA) is 43.8 Å². The molecule has 1 aliphatic heterocycles. The molecule has 0 unspecified atom stereocenters. The number of nitrogens with zero attached hydrogens (tertiary/aromatic N) is 2. The summed E-state index contributed by atoms with van der Waals surface area (Å²) in [7, 11) is 1.98. The van der Waals surface area contributed by atoms with Crippen molar-refractivity contribution in [2.24, 2.45) is 0 Å². The number of likely N-dealkylation sites (N-methyl/N-ethyl adjacent to an activating group) is 1. The van der Waals surface area contributed by atoms with E-state index in [1.54, 1.807) is 0 Å². The predicted octanol–water partition coefficient (Wildman–Crippen LogP) is 1.10. The SMILES string of the molecule is CN1CC(=O)N(Cc2ccccc2)[C@@H](CCCO)C1. The second kappa shape index (κ2) is 6.68. The monoisotopic (exact) mass is 262 g/mol. The number of rotatable bonds is 5. The van der Waals surface area contributed by atoms with Crippen molar-refractivity contribution in [1.29, 1.82) is 0 Å². The zero-order valence-corrected chi connectivity index (χ0v) is 11.5. The van der Waals surface area contributed by atoms with Crippen molar-refractivity contribution in [3.8, 4) is 0 Å². The molecule has 0 bridgehead atoms. The van der Waals surface area contributed by atoms with E-state index in [0.717, 1.165) is 24.9 Å². The van der Waals surface area contributed by atoms with E-state index in [1.165, 1.54) is 0 Å². The molecular formula is C15H22N2O2. The molecule has 4 heteroatoms. The Labute approximate surface area is 114 Å². The van der Waals surface area contributed by atoms with Gasteiger partial charge in [-0.1, -0.05) is 30.3 Å². The molecule has 1 N–H and O–H groups in total. The number of piperazine rings is 1. The van der Waals surface area contributed by atoms with Crippen LogP contribution in [0.1, 0.15) is 18.4 Å². The molecule has 2 rings (SSSR count). The highest BCUT2D eigenvalue weighted by Gasteiger charge is 2.30. The van der Waals surface area contributed by atoms with Crippen molar-refractivity contribution in [3.05, 3.63) is 35.9 Å². The molecule has 1 saturated heterocycles. The average Bonchev–Trinajstić information content (AvgIpc) is 2.41. The van der Waals surface area contributed by atoms with Gasteiger partial charge in [0, 0.05) is 25.7 Å². The fourth-order valence-corrected chi connectivity index (χ4v) is 2.62. The standard InChI is InChI=1S/C15H22N2O2/c1-16-11-14(8-5-9-18)17(15(19)12-16)10-13-6-3-2-4-7-13/h2-4,6-7,14,18H,5,8-12H2,1H3/t14-/m0/s1. The largest absolute Gasteiger partial charge is 0.396 e. The highest BCUT2D eigenvalue weighted by atomic mass is 16.3. The molecule has 0 aliphatic carbocycles. The highest BCUT2D eigenvalue weighted by molar-refractivity contribution is 5.79. The summed E-state index contributed by atoms with van der Waals surface area (Å²) in [5.41, 5.74) is 1.16. The lowest BCUT2D eigenvalue weighted by Crippen LogP contribution is -2.54. The van der Waals surface area contributed by atoms with Gasteiger partial charge in [0.05, 0.1) is 6.54 Å². The van der Waals surface area contributed by atoms with E-state index in [4.69, 9.17) is 5.11 Å². The fraction of sp³-hybridized carbons (Fsp3) is 0.533. The summed E-state index contributed by atoms with van der Waals surface area (Å²) in [5.74, 6) is 0.181. The summed E-state index contributed by atoms with van der Waals surface area (Å²) >= 11 is 0. The zero-order chi connectivity index (χ0) is 13.7. The van der Waals surface area contributed by atoms with Crippen molar-refractivity contribution < 1.29 is 9.90 Å². The van der Waals surface area contributed by atoms with E-state index < -0.39 is 0 Å². The number of amides is 1. The Kier molecular flexibility index (Phi) is 4.93. The smallest absolute Gasteiger partial charge is 0.237 e. The zero-order valence-electron chi connectivity index (χ0n) is 11.5. The van der Waals surface area contributed by atoms with Gasteiger partial charge < -0.3 is 10.0 Å². The number of hydrogen-bond acceptors (Lipinski definition) is 3. The van der Waals surface area contributed by atoms with Gasteiger partial charge in [-0.15, -0.1) is 0 Å². The van der Waals surface area contributed by atoms with Crippen LogP contribution in [0.4, 0.5) is 0 Å². The van der Waals surface area contributed by atoms with Gasteiger partial charge >= 0.3 is 0 Å².